The fourth-order valence-electron chi connectivity index (χ4n) is 3.23. The van der Waals surface area contributed by atoms with Crippen LogP contribution >= 0.6 is 0 Å². The summed E-state index contributed by atoms with van der Waals surface area (Å²) in [5.74, 6) is 0.429. The molecule has 2 aromatic heterocycles. The minimum atomic E-state index is 0.429. The molecule has 1 N–H and O–H groups in total. The summed E-state index contributed by atoms with van der Waals surface area (Å²) in [4.78, 5) is 17.5. The Labute approximate surface area is 151 Å². The van der Waals surface area contributed by atoms with E-state index in [9.17, 15) is 4.79 Å². The number of para-hydroxylation sites is 1. The summed E-state index contributed by atoms with van der Waals surface area (Å²) in [6.07, 6.45) is 3.44. The maximum Gasteiger partial charge on any atom is 0.299 e. The zero-order valence-electron chi connectivity index (χ0n) is 14.3. The summed E-state index contributed by atoms with van der Waals surface area (Å²) >= 11 is 0. The van der Waals surface area contributed by atoms with Crippen LogP contribution in [0.15, 0.2) is 48.8 Å². The van der Waals surface area contributed by atoms with Gasteiger partial charge in [0.1, 0.15) is 5.65 Å². The standard InChI is InChI=1S/C19H20N4O3/c24-14-26-19-16(5-6-18-20-7-8-23(18)19)21-13-15-3-1-2-4-17(15)22-9-11-25-12-10-22/h1-8,14,21H,9-13H2. The molecule has 1 aliphatic rings. The second-order valence-corrected chi connectivity index (χ2v) is 6.00. The molecule has 0 saturated carbocycles. The number of carbonyl (C=O) groups excluding carboxylic acids is 1. The molecule has 7 heteroatoms. The maximum absolute atomic E-state index is 10.9. The summed E-state index contributed by atoms with van der Waals surface area (Å²) in [6.45, 7) is 4.31. The molecule has 0 amide bonds. The Hall–Kier alpha value is -3.06. The van der Waals surface area contributed by atoms with Gasteiger partial charge in [0.2, 0.25) is 5.88 Å². The molecule has 0 spiro atoms. The van der Waals surface area contributed by atoms with E-state index in [1.54, 1.807) is 16.8 Å². The van der Waals surface area contributed by atoms with Crippen molar-refractivity contribution in [1.29, 1.82) is 0 Å². The van der Waals surface area contributed by atoms with Crippen LogP contribution in [-0.4, -0.2) is 42.2 Å². The van der Waals surface area contributed by atoms with E-state index >= 15 is 0 Å². The van der Waals surface area contributed by atoms with Gasteiger partial charge in [-0.15, -0.1) is 0 Å². The van der Waals surface area contributed by atoms with E-state index in [0.717, 1.165) is 37.6 Å². The van der Waals surface area contributed by atoms with Crippen molar-refractivity contribution in [3.8, 4) is 5.88 Å². The molecule has 134 valence electrons. The zero-order valence-corrected chi connectivity index (χ0v) is 14.3. The number of fused-ring (bicyclic) bond motifs is 1. The van der Waals surface area contributed by atoms with Crippen LogP contribution in [0.5, 0.6) is 5.88 Å². The third-order valence-electron chi connectivity index (χ3n) is 4.49. The molecule has 0 unspecified atom stereocenters. The number of morpholine rings is 1. The van der Waals surface area contributed by atoms with Crippen LogP contribution in [0.1, 0.15) is 5.56 Å². The lowest BCUT2D eigenvalue weighted by Crippen LogP contribution is -2.36. The molecule has 26 heavy (non-hydrogen) atoms. The van der Waals surface area contributed by atoms with Gasteiger partial charge in [0.15, 0.2) is 0 Å². The van der Waals surface area contributed by atoms with Gasteiger partial charge in [-0.05, 0) is 23.8 Å². The summed E-state index contributed by atoms with van der Waals surface area (Å²) in [5, 5.41) is 3.39. The van der Waals surface area contributed by atoms with E-state index < -0.39 is 0 Å². The molecule has 4 rings (SSSR count). The second kappa shape index (κ2) is 7.45. The van der Waals surface area contributed by atoms with Gasteiger partial charge in [0.25, 0.3) is 6.47 Å². The number of nitrogens with one attached hydrogen (secondary N) is 1. The van der Waals surface area contributed by atoms with Gasteiger partial charge in [-0.3, -0.25) is 9.20 Å². The number of carbonyl (C=O) groups is 1. The normalized spacial score (nSPS) is 14.4. The molecule has 7 nitrogen and oxygen atoms in total. The van der Waals surface area contributed by atoms with E-state index in [1.807, 2.05) is 24.3 Å². The van der Waals surface area contributed by atoms with E-state index in [0.29, 0.717) is 18.9 Å². The van der Waals surface area contributed by atoms with Crippen molar-refractivity contribution >= 4 is 23.5 Å². The monoisotopic (exact) mass is 352 g/mol. The predicted molar refractivity (Wildman–Crippen MR) is 98.7 cm³/mol. The first-order chi connectivity index (χ1) is 12.9. The number of rotatable bonds is 6. The van der Waals surface area contributed by atoms with Gasteiger partial charge >= 0.3 is 0 Å². The van der Waals surface area contributed by atoms with Crippen molar-refractivity contribution in [1.82, 2.24) is 9.38 Å². The number of pyridine rings is 1. The third kappa shape index (κ3) is 3.21. The molecule has 1 saturated heterocycles. The van der Waals surface area contributed by atoms with Crippen molar-refractivity contribution in [3.63, 3.8) is 0 Å². The van der Waals surface area contributed by atoms with E-state index in [-0.39, 0.29) is 0 Å². The number of benzene rings is 1. The SMILES string of the molecule is O=COc1c(NCc2ccccc2N2CCOCC2)ccc2nccn12. The van der Waals surface area contributed by atoms with Gasteiger partial charge in [-0.25, -0.2) is 4.98 Å². The Kier molecular flexibility index (Phi) is 4.70. The van der Waals surface area contributed by atoms with E-state index in [1.165, 1.54) is 11.3 Å². The van der Waals surface area contributed by atoms with Gasteiger partial charge in [0.05, 0.1) is 18.9 Å². The number of hydrogen-bond acceptors (Lipinski definition) is 6. The molecule has 0 radical (unpaired) electrons. The summed E-state index contributed by atoms with van der Waals surface area (Å²) in [7, 11) is 0. The largest absolute Gasteiger partial charge is 0.409 e. The van der Waals surface area contributed by atoms with E-state index in [4.69, 9.17) is 9.47 Å². The number of ether oxygens (including phenoxy) is 2. The van der Waals surface area contributed by atoms with Gasteiger partial charge in [-0.1, -0.05) is 18.2 Å². The summed E-state index contributed by atoms with van der Waals surface area (Å²) in [6, 6.07) is 12.1. The van der Waals surface area contributed by atoms with Crippen LogP contribution in [-0.2, 0) is 16.1 Å². The van der Waals surface area contributed by atoms with Crippen molar-refractivity contribution in [2.45, 2.75) is 6.54 Å². The number of nitrogens with zero attached hydrogens (tertiary/aromatic N) is 3. The fraction of sp³-hybridized carbons (Fsp3) is 0.263. The number of aromatic nitrogens is 2. The topological polar surface area (TPSA) is 68.1 Å². The van der Waals surface area contributed by atoms with Gasteiger partial charge in [0, 0.05) is 37.7 Å². The average molecular weight is 352 g/mol. The summed E-state index contributed by atoms with van der Waals surface area (Å²) in [5.41, 5.74) is 3.84. The first-order valence-corrected chi connectivity index (χ1v) is 8.57. The van der Waals surface area contributed by atoms with Gasteiger partial charge in [-0.2, -0.15) is 0 Å². The quantitative estimate of drug-likeness (QED) is 0.687. The highest BCUT2D eigenvalue weighted by atomic mass is 16.5. The number of hydrogen-bond donors (Lipinski definition) is 1. The molecular weight excluding hydrogens is 332 g/mol. The highest BCUT2D eigenvalue weighted by molar-refractivity contribution is 5.64. The van der Waals surface area contributed by atoms with Crippen molar-refractivity contribution in [3.05, 3.63) is 54.4 Å². The second-order valence-electron chi connectivity index (χ2n) is 6.00. The molecule has 0 aliphatic carbocycles. The minimum absolute atomic E-state index is 0.429. The Bertz CT molecular complexity index is 903. The molecule has 3 aromatic rings. The molecule has 1 fully saturated rings. The Balaban J connectivity index is 1.59. The molecule has 0 bridgehead atoms. The Morgan fingerprint density at radius 1 is 1.19 bits per heavy atom. The van der Waals surface area contributed by atoms with E-state index in [2.05, 4.69) is 27.3 Å². The zero-order chi connectivity index (χ0) is 17.8. The molecule has 3 heterocycles. The molecule has 1 aromatic carbocycles. The van der Waals surface area contributed by atoms with Crippen LogP contribution < -0.4 is 15.0 Å². The van der Waals surface area contributed by atoms with Gasteiger partial charge < -0.3 is 19.7 Å². The minimum Gasteiger partial charge on any atom is -0.409 e. The lowest BCUT2D eigenvalue weighted by Gasteiger charge is -2.30. The molecular formula is C19H20N4O3. The van der Waals surface area contributed by atoms with Crippen molar-refractivity contribution in [2.24, 2.45) is 0 Å². The smallest absolute Gasteiger partial charge is 0.299 e. The van der Waals surface area contributed by atoms with Crippen LogP contribution in [0.25, 0.3) is 5.65 Å². The Morgan fingerprint density at radius 3 is 2.88 bits per heavy atom. The van der Waals surface area contributed by atoms with Crippen LogP contribution in [0.3, 0.4) is 0 Å². The lowest BCUT2D eigenvalue weighted by molar-refractivity contribution is -0.120. The Morgan fingerprint density at radius 2 is 2.04 bits per heavy atom. The van der Waals surface area contributed by atoms with Crippen LogP contribution in [0, 0.1) is 0 Å². The number of imidazole rings is 1. The lowest BCUT2D eigenvalue weighted by atomic mass is 10.1. The van der Waals surface area contributed by atoms with Crippen molar-refractivity contribution in [2.75, 3.05) is 36.5 Å². The van der Waals surface area contributed by atoms with Crippen LogP contribution in [0.2, 0.25) is 0 Å². The predicted octanol–water partition coefficient (Wildman–Crippen LogP) is 2.32. The third-order valence-corrected chi connectivity index (χ3v) is 4.49. The fourth-order valence-corrected chi connectivity index (χ4v) is 3.23. The highest BCUT2D eigenvalue weighted by Gasteiger charge is 2.15. The first kappa shape index (κ1) is 16.4. The molecule has 1 aliphatic heterocycles. The maximum atomic E-state index is 10.9. The average Bonchev–Trinajstić information content (AvgIpc) is 3.17. The van der Waals surface area contributed by atoms with Crippen molar-refractivity contribution < 1.29 is 14.3 Å². The van der Waals surface area contributed by atoms with Crippen LogP contribution in [0.4, 0.5) is 11.4 Å². The highest BCUT2D eigenvalue weighted by Crippen LogP contribution is 2.28. The number of anilines is 2. The first-order valence-electron chi connectivity index (χ1n) is 8.57. The molecule has 0 atom stereocenters. The summed E-state index contributed by atoms with van der Waals surface area (Å²) < 4.78 is 12.4.